The number of nitrogens with one attached hydrogen (secondary N) is 1. The fourth-order valence-electron chi connectivity index (χ4n) is 2.68. The third kappa shape index (κ3) is 3.08. The van der Waals surface area contributed by atoms with Gasteiger partial charge in [-0.3, -0.25) is 4.68 Å². The van der Waals surface area contributed by atoms with Gasteiger partial charge in [0.25, 0.3) is 0 Å². The molecule has 0 aliphatic rings. The van der Waals surface area contributed by atoms with E-state index < -0.39 is 0 Å². The van der Waals surface area contributed by atoms with Crippen molar-refractivity contribution in [1.82, 2.24) is 29.1 Å². The van der Waals surface area contributed by atoms with E-state index >= 15 is 0 Å². The lowest BCUT2D eigenvalue weighted by Crippen LogP contribution is -2.07. The Kier molecular flexibility index (Phi) is 4.00. The second-order valence-corrected chi connectivity index (χ2v) is 6.38. The fourth-order valence-corrected chi connectivity index (χ4v) is 2.68. The molecule has 0 spiro atoms. The van der Waals surface area contributed by atoms with Gasteiger partial charge in [0, 0.05) is 42.9 Å². The number of rotatable bonds is 5. The van der Waals surface area contributed by atoms with Crippen molar-refractivity contribution < 1.29 is 0 Å². The van der Waals surface area contributed by atoms with E-state index in [2.05, 4.69) is 39.2 Å². The molecular formula is C18H20N8. The number of imidazole rings is 1. The molecule has 0 atom stereocenters. The molecule has 0 bridgehead atoms. The lowest BCUT2D eigenvalue weighted by atomic mass is 10.2. The Morgan fingerprint density at radius 1 is 1.15 bits per heavy atom. The van der Waals surface area contributed by atoms with Gasteiger partial charge >= 0.3 is 0 Å². The maximum absolute atomic E-state index is 5.99. The minimum atomic E-state index is 0.293. The summed E-state index contributed by atoms with van der Waals surface area (Å²) in [7, 11) is 0. The molecule has 0 aliphatic carbocycles. The quantitative estimate of drug-likeness (QED) is 0.575. The number of nitrogen functional groups attached to an aromatic ring is 1. The van der Waals surface area contributed by atoms with Gasteiger partial charge in [-0.2, -0.15) is 5.10 Å². The SMILES string of the molecule is CC(C)n1cc(-c2cnc(N)c(NCc3ccc4nccn4c3)n2)cn1. The molecular weight excluding hydrogens is 328 g/mol. The monoisotopic (exact) mass is 348 g/mol. The van der Waals surface area contributed by atoms with Crippen LogP contribution in [0.25, 0.3) is 16.9 Å². The summed E-state index contributed by atoms with van der Waals surface area (Å²) in [6.07, 6.45) is 11.1. The van der Waals surface area contributed by atoms with Gasteiger partial charge in [0.15, 0.2) is 11.6 Å². The first-order valence-electron chi connectivity index (χ1n) is 8.42. The summed E-state index contributed by atoms with van der Waals surface area (Å²) in [5.74, 6) is 0.930. The molecule has 4 rings (SSSR count). The molecule has 26 heavy (non-hydrogen) atoms. The molecule has 4 aromatic rings. The molecule has 0 saturated heterocycles. The van der Waals surface area contributed by atoms with Crippen molar-refractivity contribution in [2.24, 2.45) is 0 Å². The zero-order chi connectivity index (χ0) is 18.1. The van der Waals surface area contributed by atoms with Crippen LogP contribution >= 0.6 is 0 Å². The topological polar surface area (TPSA) is 99.0 Å². The van der Waals surface area contributed by atoms with Crippen LogP contribution in [0.5, 0.6) is 0 Å². The summed E-state index contributed by atoms with van der Waals surface area (Å²) in [5.41, 5.74) is 9.64. The summed E-state index contributed by atoms with van der Waals surface area (Å²) in [5, 5.41) is 7.62. The van der Waals surface area contributed by atoms with Crippen LogP contribution in [0.1, 0.15) is 25.5 Å². The second-order valence-electron chi connectivity index (χ2n) is 6.38. The van der Waals surface area contributed by atoms with Crippen LogP contribution in [-0.2, 0) is 6.54 Å². The van der Waals surface area contributed by atoms with Crippen molar-refractivity contribution in [2.45, 2.75) is 26.4 Å². The molecule has 0 amide bonds. The highest BCUT2D eigenvalue weighted by Crippen LogP contribution is 2.22. The second kappa shape index (κ2) is 6.47. The minimum absolute atomic E-state index is 0.293. The van der Waals surface area contributed by atoms with E-state index in [1.165, 1.54) is 0 Å². The van der Waals surface area contributed by atoms with Crippen molar-refractivity contribution in [3.63, 3.8) is 0 Å². The summed E-state index contributed by atoms with van der Waals surface area (Å²) in [6, 6.07) is 4.29. The van der Waals surface area contributed by atoms with Gasteiger partial charge < -0.3 is 15.5 Å². The van der Waals surface area contributed by atoms with Crippen molar-refractivity contribution in [3.05, 3.63) is 54.9 Å². The Morgan fingerprint density at radius 2 is 2.04 bits per heavy atom. The highest BCUT2D eigenvalue weighted by atomic mass is 15.3. The van der Waals surface area contributed by atoms with E-state index in [9.17, 15) is 0 Å². The summed E-state index contributed by atoms with van der Waals surface area (Å²) in [6.45, 7) is 4.74. The largest absolute Gasteiger partial charge is 0.381 e. The Balaban J connectivity index is 1.55. The van der Waals surface area contributed by atoms with Gasteiger partial charge in [0.1, 0.15) is 5.65 Å². The molecule has 0 fully saturated rings. The Labute approximate surface area is 150 Å². The van der Waals surface area contributed by atoms with Gasteiger partial charge in [-0.1, -0.05) is 6.07 Å². The highest BCUT2D eigenvalue weighted by Gasteiger charge is 2.10. The minimum Gasteiger partial charge on any atom is -0.381 e. The normalized spacial score (nSPS) is 11.3. The Morgan fingerprint density at radius 3 is 2.85 bits per heavy atom. The first-order valence-corrected chi connectivity index (χ1v) is 8.42. The standard InChI is InChI=1S/C18H20N8/c1-12(2)26-11-14(8-23-26)15-9-21-17(19)18(24-15)22-7-13-3-4-16-20-5-6-25(16)10-13/h3-6,8-12H,7H2,1-2H3,(H2,19,21)(H,22,24). The van der Waals surface area contributed by atoms with Crippen LogP contribution in [0.2, 0.25) is 0 Å². The van der Waals surface area contributed by atoms with E-state index in [1.54, 1.807) is 18.6 Å². The number of anilines is 2. The van der Waals surface area contributed by atoms with E-state index in [4.69, 9.17) is 5.73 Å². The lowest BCUT2D eigenvalue weighted by molar-refractivity contribution is 0.532. The van der Waals surface area contributed by atoms with E-state index in [1.807, 2.05) is 39.8 Å². The van der Waals surface area contributed by atoms with Crippen molar-refractivity contribution in [1.29, 1.82) is 0 Å². The van der Waals surface area contributed by atoms with Gasteiger partial charge in [-0.25, -0.2) is 15.0 Å². The van der Waals surface area contributed by atoms with Crippen LogP contribution in [0.15, 0.2) is 49.3 Å². The number of hydrogen-bond acceptors (Lipinski definition) is 6. The van der Waals surface area contributed by atoms with Crippen LogP contribution in [0, 0.1) is 0 Å². The molecule has 132 valence electrons. The number of fused-ring (bicyclic) bond motifs is 1. The predicted octanol–water partition coefficient (Wildman–Crippen LogP) is 2.76. The van der Waals surface area contributed by atoms with Gasteiger partial charge in [-0.05, 0) is 25.5 Å². The first-order chi connectivity index (χ1) is 12.6. The Hall–Kier alpha value is -3.42. The van der Waals surface area contributed by atoms with Gasteiger partial charge in [-0.15, -0.1) is 0 Å². The molecule has 0 aliphatic heterocycles. The Bertz CT molecular complexity index is 1050. The number of pyridine rings is 1. The third-order valence-electron chi connectivity index (χ3n) is 4.14. The summed E-state index contributed by atoms with van der Waals surface area (Å²) >= 11 is 0. The average Bonchev–Trinajstić information content (AvgIpc) is 3.30. The van der Waals surface area contributed by atoms with E-state index in [-0.39, 0.29) is 0 Å². The number of nitrogens with two attached hydrogens (primary N) is 1. The highest BCUT2D eigenvalue weighted by molar-refractivity contribution is 5.64. The summed E-state index contributed by atoms with van der Waals surface area (Å²) < 4.78 is 3.86. The maximum atomic E-state index is 5.99. The molecule has 3 N–H and O–H groups in total. The molecule has 0 radical (unpaired) electrons. The number of aromatic nitrogens is 6. The van der Waals surface area contributed by atoms with Gasteiger partial charge in [0.05, 0.1) is 18.1 Å². The van der Waals surface area contributed by atoms with Crippen LogP contribution in [0.4, 0.5) is 11.6 Å². The summed E-state index contributed by atoms with van der Waals surface area (Å²) in [4.78, 5) is 13.1. The lowest BCUT2D eigenvalue weighted by Gasteiger charge is -2.09. The number of hydrogen-bond donors (Lipinski definition) is 2. The van der Waals surface area contributed by atoms with E-state index in [0.29, 0.717) is 24.2 Å². The zero-order valence-electron chi connectivity index (χ0n) is 14.7. The maximum Gasteiger partial charge on any atom is 0.169 e. The molecule has 8 heteroatoms. The molecule has 4 aromatic heterocycles. The smallest absolute Gasteiger partial charge is 0.169 e. The van der Waals surface area contributed by atoms with Crippen LogP contribution in [0.3, 0.4) is 0 Å². The predicted molar refractivity (Wildman–Crippen MR) is 101 cm³/mol. The first kappa shape index (κ1) is 16.1. The number of nitrogens with zero attached hydrogens (tertiary/aromatic N) is 6. The molecule has 0 saturated carbocycles. The molecule has 4 heterocycles. The van der Waals surface area contributed by atoms with Crippen molar-refractivity contribution in [3.8, 4) is 11.3 Å². The molecule has 8 nitrogen and oxygen atoms in total. The van der Waals surface area contributed by atoms with Crippen LogP contribution < -0.4 is 11.1 Å². The van der Waals surface area contributed by atoms with Crippen molar-refractivity contribution in [2.75, 3.05) is 11.1 Å². The fraction of sp³-hybridized carbons (Fsp3) is 0.222. The van der Waals surface area contributed by atoms with E-state index in [0.717, 1.165) is 22.5 Å². The zero-order valence-corrected chi connectivity index (χ0v) is 14.7. The van der Waals surface area contributed by atoms with Crippen molar-refractivity contribution >= 4 is 17.3 Å². The van der Waals surface area contributed by atoms with Gasteiger partial charge in [0.2, 0.25) is 0 Å². The average molecular weight is 348 g/mol. The van der Waals surface area contributed by atoms with Crippen LogP contribution in [-0.4, -0.2) is 29.1 Å². The molecule has 0 unspecified atom stereocenters. The third-order valence-corrected chi connectivity index (χ3v) is 4.14. The molecule has 0 aromatic carbocycles.